The second-order valence-corrected chi connectivity index (χ2v) is 9.34. The van der Waals surface area contributed by atoms with E-state index >= 15 is 0 Å². The predicted octanol–water partition coefficient (Wildman–Crippen LogP) is 1.51. The molecule has 202 valence electrons. The molecular weight excluding hydrogens is 510 g/mol. The maximum Gasteiger partial charge on any atom is 0.267 e. The maximum atomic E-state index is 12.5. The molecule has 40 heavy (non-hydrogen) atoms. The van der Waals surface area contributed by atoms with Crippen molar-refractivity contribution in [2.45, 2.75) is 25.1 Å². The van der Waals surface area contributed by atoms with Crippen molar-refractivity contribution < 1.29 is 14.6 Å². The Bertz CT molecular complexity index is 1600. The number of rotatable bonds is 9. The van der Waals surface area contributed by atoms with Crippen LogP contribution in [0.1, 0.15) is 17.5 Å². The Morgan fingerprint density at radius 2 is 1.93 bits per heavy atom. The van der Waals surface area contributed by atoms with E-state index in [2.05, 4.69) is 31.8 Å². The van der Waals surface area contributed by atoms with Gasteiger partial charge in [0.05, 0.1) is 55.0 Å². The summed E-state index contributed by atoms with van der Waals surface area (Å²) in [6.07, 6.45) is 3.04. The summed E-state index contributed by atoms with van der Waals surface area (Å²) >= 11 is 0. The number of hydrogen-bond donors (Lipinski definition) is 3. The lowest BCUT2D eigenvalue weighted by Gasteiger charge is -2.11. The first-order valence-electron chi connectivity index (χ1n) is 12.8. The van der Waals surface area contributed by atoms with Crippen LogP contribution in [-0.4, -0.2) is 62.6 Å². The summed E-state index contributed by atoms with van der Waals surface area (Å²) in [4.78, 5) is 33.4. The van der Waals surface area contributed by atoms with Crippen LogP contribution in [-0.2, 0) is 11.3 Å². The molecule has 0 saturated carbocycles. The number of β-amino-alcohol motifs (C(OH)–C–C–N with tert-alkyl or cyclic N) is 1. The molecule has 11 heteroatoms. The van der Waals surface area contributed by atoms with Gasteiger partial charge in [0.2, 0.25) is 5.91 Å². The van der Waals surface area contributed by atoms with E-state index in [-0.39, 0.29) is 30.7 Å². The van der Waals surface area contributed by atoms with Crippen LogP contribution in [0.4, 0.5) is 0 Å². The Morgan fingerprint density at radius 1 is 1.12 bits per heavy atom. The summed E-state index contributed by atoms with van der Waals surface area (Å²) < 4.78 is 7.02. The first-order valence-corrected chi connectivity index (χ1v) is 12.8. The van der Waals surface area contributed by atoms with Crippen molar-refractivity contribution in [2.24, 2.45) is 0 Å². The lowest BCUT2D eigenvalue weighted by atomic mass is 10.1. The first-order chi connectivity index (χ1) is 19.5. The van der Waals surface area contributed by atoms with Gasteiger partial charge in [0, 0.05) is 23.7 Å². The average molecular weight is 538 g/mol. The van der Waals surface area contributed by atoms with Crippen LogP contribution in [0, 0.1) is 11.3 Å². The van der Waals surface area contributed by atoms with Crippen molar-refractivity contribution >= 4 is 5.91 Å². The normalized spacial score (nSPS) is 16.3. The second kappa shape index (κ2) is 12.3. The highest BCUT2D eigenvalue weighted by atomic mass is 16.5. The number of carbonyl (C=O) groups excluding carboxylic acids is 1. The van der Waals surface area contributed by atoms with Gasteiger partial charge in [-0.1, -0.05) is 30.3 Å². The zero-order chi connectivity index (χ0) is 27.9. The largest absolute Gasteiger partial charge is 0.489 e. The number of nitrogens with zero attached hydrogens (tertiary/aromatic N) is 5. The van der Waals surface area contributed by atoms with Gasteiger partial charge in [-0.25, -0.2) is 14.6 Å². The topological polar surface area (TPSA) is 155 Å². The minimum Gasteiger partial charge on any atom is -0.489 e. The van der Waals surface area contributed by atoms with Crippen molar-refractivity contribution in [1.82, 2.24) is 30.4 Å². The third-order valence-corrected chi connectivity index (χ3v) is 6.39. The monoisotopic (exact) mass is 537 g/mol. The molecule has 4 aromatic rings. The summed E-state index contributed by atoms with van der Waals surface area (Å²) in [5.41, 5.74) is 3.25. The van der Waals surface area contributed by atoms with E-state index in [1.54, 1.807) is 36.7 Å². The van der Waals surface area contributed by atoms with E-state index in [0.717, 1.165) is 16.7 Å². The third kappa shape index (κ3) is 6.55. The quantitative estimate of drug-likeness (QED) is 0.269. The highest BCUT2D eigenvalue weighted by Crippen LogP contribution is 2.20. The van der Waals surface area contributed by atoms with Gasteiger partial charge >= 0.3 is 0 Å². The van der Waals surface area contributed by atoms with Crippen LogP contribution < -0.4 is 20.9 Å². The minimum atomic E-state index is -0.492. The summed E-state index contributed by atoms with van der Waals surface area (Å²) in [6, 6.07) is 19.5. The number of carbonyl (C=O) groups is 1. The van der Waals surface area contributed by atoms with E-state index < -0.39 is 6.10 Å². The Balaban J connectivity index is 1.20. The molecule has 5 rings (SSSR count). The van der Waals surface area contributed by atoms with Crippen molar-refractivity contribution in [3.05, 3.63) is 94.5 Å². The van der Waals surface area contributed by atoms with Crippen LogP contribution in [0.2, 0.25) is 0 Å². The molecule has 11 nitrogen and oxygen atoms in total. The molecule has 2 aromatic carbocycles. The van der Waals surface area contributed by atoms with Crippen molar-refractivity contribution in [3.8, 4) is 34.5 Å². The smallest absolute Gasteiger partial charge is 0.267 e. The number of aliphatic hydroxyl groups is 1. The number of amides is 1. The number of aromatic nitrogens is 4. The van der Waals surface area contributed by atoms with Crippen LogP contribution in [0.5, 0.6) is 5.75 Å². The molecule has 0 aliphatic carbocycles. The fraction of sp³-hybridized carbons (Fsp3) is 0.241. The fourth-order valence-corrected chi connectivity index (χ4v) is 4.37. The third-order valence-electron chi connectivity index (χ3n) is 6.39. The molecule has 3 heterocycles. The minimum absolute atomic E-state index is 0.163. The molecule has 1 aliphatic heterocycles. The van der Waals surface area contributed by atoms with Crippen LogP contribution >= 0.6 is 0 Å². The Hall–Kier alpha value is -4.92. The molecule has 2 atom stereocenters. The fourth-order valence-electron chi connectivity index (χ4n) is 4.37. The van der Waals surface area contributed by atoms with E-state index in [9.17, 15) is 20.0 Å². The Labute approximate surface area is 230 Å². The molecule has 2 aromatic heterocycles. The van der Waals surface area contributed by atoms with Gasteiger partial charge in [-0.2, -0.15) is 10.4 Å². The van der Waals surface area contributed by atoms with E-state index in [1.807, 2.05) is 30.3 Å². The Morgan fingerprint density at radius 3 is 2.70 bits per heavy atom. The molecule has 1 amide bonds. The molecule has 0 spiro atoms. The molecular formula is C29H27N7O4. The standard InChI is InChI=1S/C29H27N7O4/c30-14-19-3-1-5-21(11-19)25-7-8-27(38)36(35-25)18-20-4-2-6-22(12-20)28-33-16-24(17-34-28)40-10-9-31-29(39)26-13-23(37)15-32-26/h1-8,11-12,16-17,23,26,32,37H,9-10,13,15,18H2,(H,31,39). The number of benzene rings is 2. The van der Waals surface area contributed by atoms with Gasteiger partial charge in [-0.15, -0.1) is 0 Å². The lowest BCUT2D eigenvalue weighted by molar-refractivity contribution is -0.123. The molecule has 0 radical (unpaired) electrons. The molecule has 1 aliphatic rings. The number of aliphatic hydroxyl groups excluding tert-OH is 1. The van der Waals surface area contributed by atoms with Gasteiger partial charge in [-0.05, 0) is 36.2 Å². The second-order valence-electron chi connectivity index (χ2n) is 9.34. The van der Waals surface area contributed by atoms with E-state index in [0.29, 0.717) is 42.3 Å². The number of hydrogen-bond acceptors (Lipinski definition) is 9. The van der Waals surface area contributed by atoms with Gasteiger partial charge in [0.15, 0.2) is 11.6 Å². The molecule has 0 bridgehead atoms. The zero-order valence-corrected chi connectivity index (χ0v) is 21.5. The van der Waals surface area contributed by atoms with E-state index in [4.69, 9.17) is 4.74 Å². The van der Waals surface area contributed by atoms with Crippen molar-refractivity contribution in [1.29, 1.82) is 5.26 Å². The summed E-state index contributed by atoms with van der Waals surface area (Å²) in [5, 5.41) is 29.0. The molecule has 2 unspecified atom stereocenters. The van der Waals surface area contributed by atoms with Crippen LogP contribution in [0.3, 0.4) is 0 Å². The average Bonchev–Trinajstić information content (AvgIpc) is 3.43. The van der Waals surface area contributed by atoms with Crippen molar-refractivity contribution in [2.75, 3.05) is 19.7 Å². The van der Waals surface area contributed by atoms with Gasteiger partial charge < -0.3 is 20.5 Å². The summed E-state index contributed by atoms with van der Waals surface area (Å²) in [7, 11) is 0. The highest BCUT2D eigenvalue weighted by Gasteiger charge is 2.27. The van der Waals surface area contributed by atoms with E-state index in [1.165, 1.54) is 10.7 Å². The van der Waals surface area contributed by atoms with Gasteiger partial charge in [0.1, 0.15) is 6.61 Å². The number of ether oxygens (including phenoxy) is 1. The summed E-state index contributed by atoms with van der Waals surface area (Å²) in [5.74, 6) is 0.802. The maximum absolute atomic E-state index is 12.5. The first kappa shape index (κ1) is 26.7. The molecule has 1 fully saturated rings. The van der Waals surface area contributed by atoms with Crippen LogP contribution in [0.25, 0.3) is 22.6 Å². The number of nitrogens with one attached hydrogen (secondary N) is 2. The highest BCUT2D eigenvalue weighted by molar-refractivity contribution is 5.82. The molecule has 1 saturated heterocycles. The van der Waals surface area contributed by atoms with Gasteiger partial charge in [-0.3, -0.25) is 9.59 Å². The van der Waals surface area contributed by atoms with Gasteiger partial charge in [0.25, 0.3) is 5.56 Å². The SMILES string of the molecule is N#Cc1cccc(-c2ccc(=O)n(Cc3cccc(-c4ncc(OCCNC(=O)C5CC(O)CN5)cn4)c3)n2)c1. The van der Waals surface area contributed by atoms with Crippen LogP contribution in [0.15, 0.2) is 77.9 Å². The summed E-state index contributed by atoms with van der Waals surface area (Å²) in [6.45, 7) is 1.24. The number of nitriles is 1. The Kier molecular flexibility index (Phi) is 8.20. The predicted molar refractivity (Wildman–Crippen MR) is 146 cm³/mol. The lowest BCUT2D eigenvalue weighted by Crippen LogP contribution is -2.41. The zero-order valence-electron chi connectivity index (χ0n) is 21.5. The van der Waals surface area contributed by atoms with Crippen molar-refractivity contribution in [3.63, 3.8) is 0 Å². The molecule has 3 N–H and O–H groups in total.